The molecule has 0 amide bonds. The SMILES string of the molecule is [CH2]CCCCCCCCCCC/C=C/CCCCCCCCCCCCCCCC. The average Bonchev–Trinajstić information content (AvgIpc) is 2.76. The number of hydrogen-bond acceptors (Lipinski definition) is 0. The standard InChI is InChI=1S/C30H59/c1-3-5-7-9-11-13-15-17-19-21-23-25-27-29-30-28-26-24-22-20-18-16-14-12-10-8-6-4-2/h25,27H,1,3-24,26,28-30H2,2H3/b27-25+. The zero-order valence-electron chi connectivity index (χ0n) is 21.2. The molecule has 30 heavy (non-hydrogen) atoms. The second-order valence-corrected chi connectivity index (χ2v) is 9.68. The second-order valence-electron chi connectivity index (χ2n) is 9.68. The van der Waals surface area contributed by atoms with Crippen LogP contribution in [0.4, 0.5) is 0 Å². The maximum atomic E-state index is 3.91. The number of rotatable bonds is 26. The predicted molar refractivity (Wildman–Crippen MR) is 140 cm³/mol. The molecule has 0 heteroatoms. The van der Waals surface area contributed by atoms with Crippen molar-refractivity contribution in [3.8, 4) is 0 Å². The summed E-state index contributed by atoms with van der Waals surface area (Å²) in [7, 11) is 0. The van der Waals surface area contributed by atoms with Crippen molar-refractivity contribution in [1.29, 1.82) is 0 Å². The molecule has 0 heterocycles. The van der Waals surface area contributed by atoms with Crippen molar-refractivity contribution >= 4 is 0 Å². The lowest BCUT2D eigenvalue weighted by Crippen LogP contribution is -1.83. The van der Waals surface area contributed by atoms with E-state index in [9.17, 15) is 0 Å². The van der Waals surface area contributed by atoms with Crippen molar-refractivity contribution in [1.82, 2.24) is 0 Å². The van der Waals surface area contributed by atoms with E-state index in [1.165, 1.54) is 161 Å². The largest absolute Gasteiger partial charge is 0.0885 e. The fraction of sp³-hybridized carbons (Fsp3) is 0.900. The zero-order chi connectivity index (χ0) is 21.8. The normalized spacial score (nSPS) is 11.7. The van der Waals surface area contributed by atoms with E-state index in [2.05, 4.69) is 26.0 Å². The zero-order valence-corrected chi connectivity index (χ0v) is 21.2. The fourth-order valence-electron chi connectivity index (χ4n) is 4.37. The van der Waals surface area contributed by atoms with Crippen molar-refractivity contribution < 1.29 is 0 Å². The highest BCUT2D eigenvalue weighted by atomic mass is 14.0. The Morgan fingerprint density at radius 3 is 0.933 bits per heavy atom. The summed E-state index contributed by atoms with van der Waals surface area (Å²) in [4.78, 5) is 0. The molecule has 0 nitrogen and oxygen atoms in total. The highest BCUT2D eigenvalue weighted by Gasteiger charge is 1.94. The highest BCUT2D eigenvalue weighted by molar-refractivity contribution is 4.81. The quantitative estimate of drug-likeness (QED) is 0.0965. The Morgan fingerprint density at radius 1 is 0.367 bits per heavy atom. The van der Waals surface area contributed by atoms with Crippen LogP contribution in [0.1, 0.15) is 174 Å². The van der Waals surface area contributed by atoms with Crippen LogP contribution in [0.25, 0.3) is 0 Å². The Morgan fingerprint density at radius 2 is 0.633 bits per heavy atom. The first-order valence-electron chi connectivity index (χ1n) is 14.4. The Balaban J connectivity index is 3.05. The van der Waals surface area contributed by atoms with Crippen molar-refractivity contribution in [2.75, 3.05) is 0 Å². The summed E-state index contributed by atoms with van der Waals surface area (Å²) in [5, 5.41) is 0. The molecule has 0 aromatic carbocycles. The van der Waals surface area contributed by atoms with E-state index in [-0.39, 0.29) is 0 Å². The van der Waals surface area contributed by atoms with Crippen LogP contribution in [0.2, 0.25) is 0 Å². The van der Waals surface area contributed by atoms with E-state index >= 15 is 0 Å². The van der Waals surface area contributed by atoms with E-state index in [1.807, 2.05) is 0 Å². The number of allylic oxidation sites excluding steroid dienone is 2. The molecule has 0 spiro atoms. The van der Waals surface area contributed by atoms with E-state index in [0.29, 0.717) is 0 Å². The number of hydrogen-bond donors (Lipinski definition) is 0. The van der Waals surface area contributed by atoms with Crippen LogP contribution in [-0.4, -0.2) is 0 Å². The van der Waals surface area contributed by atoms with Gasteiger partial charge in [-0.3, -0.25) is 0 Å². The molecular formula is C30H59. The lowest BCUT2D eigenvalue weighted by Gasteiger charge is -2.03. The monoisotopic (exact) mass is 419 g/mol. The summed E-state index contributed by atoms with van der Waals surface area (Å²) in [6.45, 7) is 6.21. The molecule has 0 aliphatic carbocycles. The van der Waals surface area contributed by atoms with Gasteiger partial charge in [-0.1, -0.05) is 167 Å². The van der Waals surface area contributed by atoms with Gasteiger partial charge in [0.25, 0.3) is 0 Å². The fourth-order valence-corrected chi connectivity index (χ4v) is 4.37. The molecule has 0 aromatic rings. The minimum Gasteiger partial charge on any atom is -0.0885 e. The molecular weight excluding hydrogens is 360 g/mol. The summed E-state index contributed by atoms with van der Waals surface area (Å²) < 4.78 is 0. The first kappa shape index (κ1) is 29.7. The minimum absolute atomic E-state index is 1.12. The third kappa shape index (κ3) is 27.7. The second kappa shape index (κ2) is 28.7. The van der Waals surface area contributed by atoms with Gasteiger partial charge >= 0.3 is 0 Å². The summed E-state index contributed by atoms with van der Waals surface area (Å²) in [6.07, 6.45) is 41.8. The molecule has 0 bridgehead atoms. The molecule has 0 saturated carbocycles. The van der Waals surface area contributed by atoms with Gasteiger partial charge in [0, 0.05) is 0 Å². The first-order chi connectivity index (χ1) is 14.9. The van der Waals surface area contributed by atoms with Crippen LogP contribution in [0, 0.1) is 6.92 Å². The van der Waals surface area contributed by atoms with Crippen LogP contribution < -0.4 is 0 Å². The summed E-state index contributed by atoms with van der Waals surface area (Å²) >= 11 is 0. The van der Waals surface area contributed by atoms with Gasteiger partial charge in [-0.25, -0.2) is 0 Å². The molecule has 0 rings (SSSR count). The highest BCUT2D eigenvalue weighted by Crippen LogP contribution is 2.14. The molecule has 179 valence electrons. The average molecular weight is 420 g/mol. The van der Waals surface area contributed by atoms with Gasteiger partial charge in [0.1, 0.15) is 0 Å². The van der Waals surface area contributed by atoms with Gasteiger partial charge in [-0.15, -0.1) is 0 Å². The van der Waals surface area contributed by atoms with Crippen molar-refractivity contribution in [3.05, 3.63) is 19.1 Å². The van der Waals surface area contributed by atoms with Crippen LogP contribution >= 0.6 is 0 Å². The van der Waals surface area contributed by atoms with Crippen molar-refractivity contribution in [2.45, 2.75) is 174 Å². The molecule has 0 N–H and O–H groups in total. The Kier molecular flexibility index (Phi) is 28.5. The van der Waals surface area contributed by atoms with Gasteiger partial charge in [-0.05, 0) is 25.7 Å². The van der Waals surface area contributed by atoms with E-state index < -0.39 is 0 Å². The predicted octanol–water partition coefficient (Wildman–Crippen LogP) is 11.5. The molecule has 0 unspecified atom stereocenters. The van der Waals surface area contributed by atoms with Crippen LogP contribution in [0.15, 0.2) is 12.2 Å². The summed E-state index contributed by atoms with van der Waals surface area (Å²) in [6, 6.07) is 0. The third-order valence-corrected chi connectivity index (χ3v) is 6.51. The smallest absolute Gasteiger partial charge is 0.0351 e. The van der Waals surface area contributed by atoms with Crippen LogP contribution in [-0.2, 0) is 0 Å². The Bertz CT molecular complexity index is 303. The molecule has 0 saturated heterocycles. The molecule has 0 atom stereocenters. The van der Waals surface area contributed by atoms with Crippen molar-refractivity contribution in [3.63, 3.8) is 0 Å². The lowest BCUT2D eigenvalue weighted by molar-refractivity contribution is 0.536. The third-order valence-electron chi connectivity index (χ3n) is 6.51. The van der Waals surface area contributed by atoms with Crippen molar-refractivity contribution in [2.24, 2.45) is 0 Å². The molecule has 1 radical (unpaired) electrons. The molecule has 0 aromatic heterocycles. The molecule has 0 fully saturated rings. The summed E-state index contributed by atoms with van der Waals surface area (Å²) in [5.74, 6) is 0. The van der Waals surface area contributed by atoms with Gasteiger partial charge < -0.3 is 0 Å². The Hall–Kier alpha value is -0.260. The minimum atomic E-state index is 1.12. The van der Waals surface area contributed by atoms with Gasteiger partial charge in [0.2, 0.25) is 0 Å². The van der Waals surface area contributed by atoms with E-state index in [4.69, 9.17) is 0 Å². The van der Waals surface area contributed by atoms with E-state index in [1.54, 1.807) is 0 Å². The lowest BCUT2D eigenvalue weighted by atomic mass is 10.0. The topological polar surface area (TPSA) is 0 Å². The van der Waals surface area contributed by atoms with Gasteiger partial charge in [-0.2, -0.15) is 0 Å². The maximum Gasteiger partial charge on any atom is -0.0351 e. The van der Waals surface area contributed by atoms with Gasteiger partial charge in [0.05, 0.1) is 0 Å². The van der Waals surface area contributed by atoms with E-state index in [0.717, 1.165) is 6.42 Å². The first-order valence-corrected chi connectivity index (χ1v) is 14.4. The van der Waals surface area contributed by atoms with Crippen LogP contribution in [0.5, 0.6) is 0 Å². The van der Waals surface area contributed by atoms with Gasteiger partial charge in [0.15, 0.2) is 0 Å². The summed E-state index contributed by atoms with van der Waals surface area (Å²) in [5.41, 5.74) is 0. The number of unbranched alkanes of at least 4 members (excludes halogenated alkanes) is 24. The molecule has 0 aliphatic rings. The van der Waals surface area contributed by atoms with Crippen LogP contribution in [0.3, 0.4) is 0 Å². The Labute approximate surface area is 193 Å². The maximum absolute atomic E-state index is 3.91. The molecule has 0 aliphatic heterocycles.